The van der Waals surface area contributed by atoms with Crippen LogP contribution in [-0.2, 0) is 11.2 Å². The number of urea groups is 1. The molecular formula is C25H32N2O6. The number of methoxy groups -OCH3 is 3. The van der Waals surface area contributed by atoms with Crippen LogP contribution in [0.15, 0.2) is 36.4 Å². The monoisotopic (exact) mass is 456 g/mol. The van der Waals surface area contributed by atoms with Gasteiger partial charge >= 0.3 is 12.0 Å². The second-order valence-electron chi connectivity index (χ2n) is 8.18. The summed E-state index contributed by atoms with van der Waals surface area (Å²) in [5.41, 5.74) is 2.85. The third-order valence-corrected chi connectivity index (χ3v) is 6.32. The van der Waals surface area contributed by atoms with Crippen molar-refractivity contribution >= 4 is 12.0 Å². The number of amides is 2. The predicted molar refractivity (Wildman–Crippen MR) is 124 cm³/mol. The Hall–Kier alpha value is -3.42. The molecule has 2 unspecified atom stereocenters. The lowest BCUT2D eigenvalue weighted by Crippen LogP contribution is -2.53. The van der Waals surface area contributed by atoms with Crippen molar-refractivity contribution in [2.24, 2.45) is 5.92 Å². The Kier molecular flexibility index (Phi) is 7.68. The highest BCUT2D eigenvalue weighted by molar-refractivity contribution is 5.83. The maximum Gasteiger partial charge on any atom is 0.326 e. The summed E-state index contributed by atoms with van der Waals surface area (Å²) >= 11 is 0. The van der Waals surface area contributed by atoms with Gasteiger partial charge < -0.3 is 29.5 Å². The van der Waals surface area contributed by atoms with Gasteiger partial charge in [-0.3, -0.25) is 0 Å². The summed E-state index contributed by atoms with van der Waals surface area (Å²) in [6.07, 6.45) is 1.25. The van der Waals surface area contributed by atoms with E-state index in [1.165, 1.54) is 0 Å². The number of carbonyl (C=O) groups excluding carboxylic acids is 1. The molecule has 2 aromatic rings. The van der Waals surface area contributed by atoms with Gasteiger partial charge in [-0.15, -0.1) is 0 Å². The van der Waals surface area contributed by atoms with Crippen molar-refractivity contribution in [1.82, 2.24) is 10.2 Å². The molecule has 0 aliphatic carbocycles. The normalized spacial score (nSPS) is 16.9. The molecule has 0 saturated carbocycles. The molecular weight excluding hydrogens is 424 g/mol. The van der Waals surface area contributed by atoms with Crippen LogP contribution in [0.4, 0.5) is 4.79 Å². The molecule has 2 N–H and O–H groups in total. The maximum absolute atomic E-state index is 13.4. The zero-order valence-electron chi connectivity index (χ0n) is 19.8. The van der Waals surface area contributed by atoms with Gasteiger partial charge in [-0.25, -0.2) is 9.59 Å². The number of carboxylic acid groups (broad SMARTS) is 1. The molecule has 0 aromatic heterocycles. The highest BCUT2D eigenvalue weighted by atomic mass is 16.5. The fraction of sp³-hybridized carbons (Fsp3) is 0.440. The van der Waals surface area contributed by atoms with E-state index in [1.807, 2.05) is 50.2 Å². The van der Waals surface area contributed by atoms with Gasteiger partial charge in [0.15, 0.2) is 11.5 Å². The number of rotatable bonds is 8. The van der Waals surface area contributed by atoms with Crippen molar-refractivity contribution in [3.63, 3.8) is 0 Å². The number of carbonyl (C=O) groups is 2. The minimum Gasteiger partial charge on any atom is -0.497 e. The summed E-state index contributed by atoms with van der Waals surface area (Å²) < 4.78 is 16.3. The van der Waals surface area contributed by atoms with Gasteiger partial charge in [0.1, 0.15) is 11.8 Å². The lowest BCUT2D eigenvalue weighted by atomic mass is 9.87. The number of aliphatic carboxylic acids is 1. The van der Waals surface area contributed by atoms with Crippen molar-refractivity contribution in [3.8, 4) is 17.2 Å². The summed E-state index contributed by atoms with van der Waals surface area (Å²) in [5, 5.41) is 12.4. The van der Waals surface area contributed by atoms with E-state index in [-0.39, 0.29) is 5.92 Å². The first-order valence-corrected chi connectivity index (χ1v) is 11.0. The molecule has 1 heterocycles. The van der Waals surface area contributed by atoms with E-state index in [9.17, 15) is 14.7 Å². The number of ether oxygens (including phenoxy) is 3. The topological polar surface area (TPSA) is 97.3 Å². The Morgan fingerprint density at radius 3 is 2.27 bits per heavy atom. The van der Waals surface area contributed by atoms with E-state index < -0.39 is 24.1 Å². The van der Waals surface area contributed by atoms with Crippen molar-refractivity contribution in [3.05, 3.63) is 53.1 Å². The van der Waals surface area contributed by atoms with E-state index in [1.54, 1.807) is 26.2 Å². The fourth-order valence-corrected chi connectivity index (χ4v) is 4.21. The molecule has 0 fully saturated rings. The van der Waals surface area contributed by atoms with Gasteiger partial charge in [0.2, 0.25) is 0 Å². The first-order chi connectivity index (χ1) is 15.8. The summed E-state index contributed by atoms with van der Waals surface area (Å²) in [6.45, 7) is 4.16. The van der Waals surface area contributed by atoms with Crippen LogP contribution in [0.3, 0.4) is 0 Å². The first-order valence-electron chi connectivity index (χ1n) is 11.0. The molecule has 0 saturated heterocycles. The van der Waals surface area contributed by atoms with Gasteiger partial charge in [0, 0.05) is 6.54 Å². The molecule has 2 aromatic carbocycles. The van der Waals surface area contributed by atoms with E-state index in [4.69, 9.17) is 14.2 Å². The molecule has 0 bridgehead atoms. The third-order valence-electron chi connectivity index (χ3n) is 6.32. The van der Waals surface area contributed by atoms with Crippen molar-refractivity contribution in [1.29, 1.82) is 0 Å². The Labute approximate surface area is 194 Å². The standard InChI is InChI=1S/C25H32N2O6/c1-6-15(2)22(24(28)29)26-25(30)27-12-11-17-13-20(32-4)21(33-5)14-19(17)23(27)16-7-9-18(31-3)10-8-16/h7-10,13-15,22-23H,6,11-12H2,1-5H3,(H,26,30)(H,28,29)/t15?,22-,23?/m0/s1. The highest BCUT2D eigenvalue weighted by Crippen LogP contribution is 2.41. The maximum atomic E-state index is 13.4. The van der Waals surface area contributed by atoms with Crippen LogP contribution in [-0.4, -0.2) is 55.9 Å². The van der Waals surface area contributed by atoms with E-state index in [2.05, 4.69) is 5.32 Å². The Morgan fingerprint density at radius 1 is 1.09 bits per heavy atom. The van der Waals surface area contributed by atoms with E-state index in [0.717, 1.165) is 16.7 Å². The minimum atomic E-state index is -1.04. The Bertz CT molecular complexity index is 991. The van der Waals surface area contributed by atoms with Gasteiger partial charge in [0.25, 0.3) is 0 Å². The van der Waals surface area contributed by atoms with Gasteiger partial charge in [-0.2, -0.15) is 0 Å². The van der Waals surface area contributed by atoms with E-state index in [0.29, 0.717) is 36.6 Å². The van der Waals surface area contributed by atoms with Crippen LogP contribution >= 0.6 is 0 Å². The van der Waals surface area contributed by atoms with Crippen LogP contribution in [0, 0.1) is 5.92 Å². The van der Waals surface area contributed by atoms with Crippen LogP contribution < -0.4 is 19.5 Å². The van der Waals surface area contributed by atoms with Crippen LogP contribution in [0.1, 0.15) is 43.0 Å². The fourth-order valence-electron chi connectivity index (χ4n) is 4.21. The lowest BCUT2D eigenvalue weighted by molar-refractivity contribution is -0.140. The molecule has 1 aliphatic rings. The molecule has 178 valence electrons. The smallest absolute Gasteiger partial charge is 0.326 e. The minimum absolute atomic E-state index is 0.202. The number of hydrogen-bond donors (Lipinski definition) is 2. The zero-order valence-corrected chi connectivity index (χ0v) is 19.8. The Morgan fingerprint density at radius 2 is 1.73 bits per heavy atom. The molecule has 0 radical (unpaired) electrons. The average molecular weight is 457 g/mol. The number of carboxylic acids is 1. The lowest BCUT2D eigenvalue weighted by Gasteiger charge is -2.39. The molecule has 8 nitrogen and oxygen atoms in total. The second kappa shape index (κ2) is 10.5. The molecule has 0 spiro atoms. The van der Waals surface area contributed by atoms with Gasteiger partial charge in [0.05, 0.1) is 27.4 Å². The summed E-state index contributed by atoms with van der Waals surface area (Å²) in [4.78, 5) is 26.9. The van der Waals surface area contributed by atoms with E-state index >= 15 is 0 Å². The summed E-state index contributed by atoms with van der Waals surface area (Å²) in [5.74, 6) is 0.668. The van der Waals surface area contributed by atoms with Gasteiger partial charge in [-0.1, -0.05) is 32.4 Å². The zero-order chi connectivity index (χ0) is 24.1. The predicted octanol–water partition coefficient (Wildman–Crippen LogP) is 3.87. The van der Waals surface area contributed by atoms with Crippen LogP contribution in [0.2, 0.25) is 0 Å². The Balaban J connectivity index is 2.06. The SMILES string of the molecule is CCC(C)[C@H](NC(=O)N1CCc2cc(OC)c(OC)cc2C1c1ccc(OC)cc1)C(=O)O. The quantitative estimate of drug-likeness (QED) is 0.626. The summed E-state index contributed by atoms with van der Waals surface area (Å²) in [7, 11) is 4.76. The van der Waals surface area contributed by atoms with Crippen LogP contribution in [0.25, 0.3) is 0 Å². The largest absolute Gasteiger partial charge is 0.497 e. The van der Waals surface area contributed by atoms with Gasteiger partial charge in [-0.05, 0) is 53.3 Å². The van der Waals surface area contributed by atoms with Crippen LogP contribution in [0.5, 0.6) is 17.2 Å². The molecule has 1 aliphatic heterocycles. The number of nitrogens with one attached hydrogen (secondary N) is 1. The number of benzene rings is 2. The second-order valence-corrected chi connectivity index (χ2v) is 8.18. The molecule has 8 heteroatoms. The van der Waals surface area contributed by atoms with Crippen molar-refractivity contribution < 1.29 is 28.9 Å². The van der Waals surface area contributed by atoms with Crippen molar-refractivity contribution in [2.75, 3.05) is 27.9 Å². The summed E-state index contributed by atoms with van der Waals surface area (Å²) in [6, 6.07) is 9.56. The number of nitrogens with zero attached hydrogens (tertiary/aromatic N) is 1. The molecule has 3 rings (SSSR count). The first kappa shape index (κ1) is 24.2. The average Bonchev–Trinajstić information content (AvgIpc) is 2.84. The number of hydrogen-bond acceptors (Lipinski definition) is 5. The molecule has 2 amide bonds. The number of fused-ring (bicyclic) bond motifs is 1. The molecule has 33 heavy (non-hydrogen) atoms. The molecule has 3 atom stereocenters. The van der Waals surface area contributed by atoms with Crippen molar-refractivity contribution in [2.45, 2.75) is 38.8 Å². The third kappa shape index (κ3) is 4.99. The highest BCUT2D eigenvalue weighted by Gasteiger charge is 2.36.